The van der Waals surface area contributed by atoms with E-state index in [1.165, 1.54) is 0 Å². The first-order valence-electron chi connectivity index (χ1n) is 9.92. The van der Waals surface area contributed by atoms with E-state index in [2.05, 4.69) is 26.2 Å². The van der Waals surface area contributed by atoms with E-state index < -0.39 is 0 Å². The maximum atomic E-state index is 12.6. The Morgan fingerprint density at radius 2 is 2.10 bits per heavy atom. The number of aromatic nitrogens is 1. The summed E-state index contributed by atoms with van der Waals surface area (Å²) in [5, 5.41) is 2.88. The Kier molecular flexibility index (Phi) is 7.63. The number of amides is 2. The SMILES string of the molecule is Cc1cccc(NC(=O)C2CCCN(C(=O)CCCOc3cccc(Br)c3)C2)n1. The number of hydrogen-bond acceptors (Lipinski definition) is 4. The van der Waals surface area contributed by atoms with Crippen LogP contribution in [0.2, 0.25) is 0 Å². The van der Waals surface area contributed by atoms with E-state index in [0.29, 0.717) is 38.4 Å². The highest BCUT2D eigenvalue weighted by atomic mass is 79.9. The normalized spacial score (nSPS) is 16.3. The molecule has 1 unspecified atom stereocenters. The lowest BCUT2D eigenvalue weighted by Gasteiger charge is -2.32. The van der Waals surface area contributed by atoms with Crippen molar-refractivity contribution in [2.75, 3.05) is 25.0 Å². The second kappa shape index (κ2) is 10.4. The molecule has 0 radical (unpaired) electrons. The molecular weight excluding hydrogens is 434 g/mol. The molecule has 6 nitrogen and oxygen atoms in total. The Morgan fingerprint density at radius 1 is 1.28 bits per heavy atom. The largest absolute Gasteiger partial charge is 0.494 e. The molecule has 1 atom stereocenters. The van der Waals surface area contributed by atoms with Crippen LogP contribution in [0.15, 0.2) is 46.9 Å². The number of rotatable bonds is 7. The van der Waals surface area contributed by atoms with E-state index in [1.54, 1.807) is 11.0 Å². The molecule has 3 rings (SSSR count). The number of halogens is 1. The average Bonchev–Trinajstić information content (AvgIpc) is 2.71. The second-order valence-electron chi connectivity index (χ2n) is 7.24. The van der Waals surface area contributed by atoms with E-state index in [1.807, 2.05) is 43.3 Å². The van der Waals surface area contributed by atoms with Crippen molar-refractivity contribution in [2.45, 2.75) is 32.6 Å². The number of nitrogens with one attached hydrogen (secondary N) is 1. The van der Waals surface area contributed by atoms with Gasteiger partial charge in [0, 0.05) is 29.7 Å². The molecule has 154 valence electrons. The quantitative estimate of drug-likeness (QED) is 0.630. The maximum absolute atomic E-state index is 12.6. The minimum atomic E-state index is -0.201. The Labute approximate surface area is 179 Å². The first-order chi connectivity index (χ1) is 14.0. The third kappa shape index (κ3) is 6.56. The van der Waals surface area contributed by atoms with Gasteiger partial charge in [-0.25, -0.2) is 4.98 Å². The van der Waals surface area contributed by atoms with E-state index in [4.69, 9.17) is 4.74 Å². The lowest BCUT2D eigenvalue weighted by Crippen LogP contribution is -2.43. The summed E-state index contributed by atoms with van der Waals surface area (Å²) in [6.07, 6.45) is 2.68. The molecule has 0 aliphatic carbocycles. The van der Waals surface area contributed by atoms with Gasteiger partial charge in [-0.2, -0.15) is 0 Å². The predicted octanol–water partition coefficient (Wildman–Crippen LogP) is 4.19. The number of pyridine rings is 1. The van der Waals surface area contributed by atoms with E-state index in [-0.39, 0.29) is 17.7 Å². The third-order valence-corrected chi connectivity index (χ3v) is 5.38. The predicted molar refractivity (Wildman–Crippen MR) is 116 cm³/mol. The summed E-state index contributed by atoms with van der Waals surface area (Å²) in [6.45, 7) is 3.54. The van der Waals surface area contributed by atoms with Crippen molar-refractivity contribution < 1.29 is 14.3 Å². The lowest BCUT2D eigenvalue weighted by atomic mass is 9.96. The van der Waals surface area contributed by atoms with Crippen LogP contribution in [-0.2, 0) is 9.59 Å². The number of likely N-dealkylation sites (tertiary alicyclic amines) is 1. The first-order valence-corrected chi connectivity index (χ1v) is 10.7. The zero-order valence-electron chi connectivity index (χ0n) is 16.6. The fourth-order valence-corrected chi connectivity index (χ4v) is 3.77. The molecule has 0 spiro atoms. The molecule has 7 heteroatoms. The van der Waals surface area contributed by atoms with Crippen molar-refractivity contribution in [1.82, 2.24) is 9.88 Å². The van der Waals surface area contributed by atoms with Gasteiger partial charge in [0.1, 0.15) is 11.6 Å². The first kappa shape index (κ1) is 21.3. The number of nitrogens with zero attached hydrogens (tertiary/aromatic N) is 2. The smallest absolute Gasteiger partial charge is 0.230 e. The molecule has 1 fully saturated rings. The van der Waals surface area contributed by atoms with Crippen molar-refractivity contribution in [3.05, 3.63) is 52.6 Å². The molecule has 1 saturated heterocycles. The highest BCUT2D eigenvalue weighted by Crippen LogP contribution is 2.20. The van der Waals surface area contributed by atoms with Crippen LogP contribution in [0.4, 0.5) is 5.82 Å². The molecule has 1 aliphatic rings. The van der Waals surface area contributed by atoms with Gasteiger partial charge < -0.3 is 15.0 Å². The summed E-state index contributed by atoms with van der Waals surface area (Å²) >= 11 is 3.41. The Bertz CT molecular complexity index is 859. The lowest BCUT2D eigenvalue weighted by molar-refractivity contribution is -0.134. The summed E-state index contributed by atoms with van der Waals surface area (Å²) in [4.78, 5) is 31.2. The summed E-state index contributed by atoms with van der Waals surface area (Å²) in [5.41, 5.74) is 0.855. The summed E-state index contributed by atoms with van der Waals surface area (Å²) in [5.74, 6) is 1.15. The van der Waals surface area contributed by atoms with Gasteiger partial charge in [-0.3, -0.25) is 9.59 Å². The average molecular weight is 460 g/mol. The van der Waals surface area contributed by atoms with Gasteiger partial charge in [0.15, 0.2) is 0 Å². The molecule has 1 aromatic carbocycles. The van der Waals surface area contributed by atoms with E-state index in [0.717, 1.165) is 28.8 Å². The molecule has 1 N–H and O–H groups in total. The number of aryl methyl sites for hydroxylation is 1. The highest BCUT2D eigenvalue weighted by Gasteiger charge is 2.28. The molecule has 0 bridgehead atoms. The molecule has 1 aliphatic heterocycles. The van der Waals surface area contributed by atoms with Crippen LogP contribution in [0.5, 0.6) is 5.75 Å². The van der Waals surface area contributed by atoms with Gasteiger partial charge in [-0.05, 0) is 56.5 Å². The van der Waals surface area contributed by atoms with Crippen molar-refractivity contribution in [1.29, 1.82) is 0 Å². The van der Waals surface area contributed by atoms with Crippen LogP contribution in [0, 0.1) is 12.8 Å². The Hall–Kier alpha value is -2.41. The van der Waals surface area contributed by atoms with Crippen LogP contribution in [0.25, 0.3) is 0 Å². The number of anilines is 1. The van der Waals surface area contributed by atoms with Crippen LogP contribution in [-0.4, -0.2) is 41.4 Å². The number of hydrogen-bond donors (Lipinski definition) is 1. The molecule has 2 heterocycles. The summed E-state index contributed by atoms with van der Waals surface area (Å²) < 4.78 is 6.65. The van der Waals surface area contributed by atoms with Gasteiger partial charge in [-0.15, -0.1) is 0 Å². The van der Waals surface area contributed by atoms with Crippen molar-refractivity contribution in [2.24, 2.45) is 5.92 Å². The Morgan fingerprint density at radius 3 is 2.90 bits per heavy atom. The Balaban J connectivity index is 1.43. The standard InChI is InChI=1S/C22H26BrN3O3/c1-16-6-2-10-20(24-16)25-22(28)17-7-4-12-26(15-17)21(27)11-5-13-29-19-9-3-8-18(23)14-19/h2-3,6,8-10,14,17H,4-5,7,11-13,15H2,1H3,(H,24,25,28). The van der Waals surface area contributed by atoms with Gasteiger partial charge in [0.2, 0.25) is 11.8 Å². The fraction of sp³-hybridized carbons (Fsp3) is 0.409. The van der Waals surface area contributed by atoms with E-state index >= 15 is 0 Å². The van der Waals surface area contributed by atoms with Gasteiger partial charge in [-0.1, -0.05) is 28.1 Å². The van der Waals surface area contributed by atoms with Crippen molar-refractivity contribution in [3.8, 4) is 5.75 Å². The van der Waals surface area contributed by atoms with Crippen molar-refractivity contribution >= 4 is 33.6 Å². The second-order valence-corrected chi connectivity index (χ2v) is 8.16. The number of piperidine rings is 1. The molecule has 2 amide bonds. The van der Waals surface area contributed by atoms with Crippen molar-refractivity contribution in [3.63, 3.8) is 0 Å². The van der Waals surface area contributed by atoms with Gasteiger partial charge >= 0.3 is 0 Å². The summed E-state index contributed by atoms with van der Waals surface area (Å²) in [7, 11) is 0. The fourth-order valence-electron chi connectivity index (χ4n) is 3.39. The minimum absolute atomic E-state index is 0.0708. The molecule has 2 aromatic rings. The number of benzene rings is 1. The van der Waals surface area contributed by atoms with Crippen LogP contribution >= 0.6 is 15.9 Å². The maximum Gasteiger partial charge on any atom is 0.230 e. The van der Waals surface area contributed by atoms with Crippen LogP contribution in [0.1, 0.15) is 31.4 Å². The van der Waals surface area contributed by atoms with E-state index in [9.17, 15) is 9.59 Å². The summed E-state index contributed by atoms with van der Waals surface area (Å²) in [6, 6.07) is 13.2. The zero-order chi connectivity index (χ0) is 20.6. The molecule has 1 aromatic heterocycles. The highest BCUT2D eigenvalue weighted by molar-refractivity contribution is 9.10. The number of ether oxygens (including phenoxy) is 1. The number of carbonyl (C=O) groups excluding carboxylic acids is 2. The van der Waals surface area contributed by atoms with Gasteiger partial charge in [0.25, 0.3) is 0 Å². The monoisotopic (exact) mass is 459 g/mol. The molecule has 29 heavy (non-hydrogen) atoms. The molecule has 0 saturated carbocycles. The molecular formula is C22H26BrN3O3. The minimum Gasteiger partial charge on any atom is -0.494 e. The van der Waals surface area contributed by atoms with Crippen LogP contribution < -0.4 is 10.1 Å². The van der Waals surface area contributed by atoms with Gasteiger partial charge in [0.05, 0.1) is 12.5 Å². The zero-order valence-corrected chi connectivity index (χ0v) is 18.2. The van der Waals surface area contributed by atoms with Crippen LogP contribution in [0.3, 0.4) is 0 Å². The third-order valence-electron chi connectivity index (χ3n) is 4.88. The topological polar surface area (TPSA) is 71.5 Å². The number of carbonyl (C=O) groups is 2.